The molecule has 0 radical (unpaired) electrons. The predicted octanol–water partition coefficient (Wildman–Crippen LogP) is 2.76. The topological polar surface area (TPSA) is 61.9 Å². The van der Waals surface area contributed by atoms with Crippen molar-refractivity contribution in [1.82, 2.24) is 15.1 Å². The van der Waals surface area contributed by atoms with Gasteiger partial charge in [0.15, 0.2) is 0 Å². The Morgan fingerprint density at radius 2 is 1.96 bits per heavy atom. The molecule has 1 aliphatic heterocycles. The SMILES string of the molecule is CC(CNC(=O)C1(C)CCCCN1C(=O)OC(C)(C)C)N(C)C1CC1. The van der Waals surface area contributed by atoms with E-state index in [9.17, 15) is 9.59 Å². The molecule has 2 rings (SSSR count). The standard InChI is InChI=1S/C19H35N3O3/c1-14(21(6)15-9-10-15)13-20-16(23)19(5)11-7-8-12-22(19)17(24)25-18(2,3)4/h14-15H,7-13H2,1-6H3,(H,20,23). The van der Waals surface area contributed by atoms with E-state index < -0.39 is 17.2 Å². The van der Waals surface area contributed by atoms with E-state index in [1.165, 1.54) is 12.8 Å². The fourth-order valence-electron chi connectivity index (χ4n) is 3.38. The number of carbonyl (C=O) groups excluding carboxylic acids is 2. The lowest BCUT2D eigenvalue weighted by Gasteiger charge is -2.43. The summed E-state index contributed by atoms with van der Waals surface area (Å²) >= 11 is 0. The van der Waals surface area contributed by atoms with Gasteiger partial charge in [-0.3, -0.25) is 14.6 Å². The summed E-state index contributed by atoms with van der Waals surface area (Å²) in [6.07, 6.45) is 4.62. The molecule has 2 unspecified atom stereocenters. The second kappa shape index (κ2) is 7.52. The van der Waals surface area contributed by atoms with Gasteiger partial charge in [-0.1, -0.05) is 0 Å². The van der Waals surface area contributed by atoms with Crippen molar-refractivity contribution in [1.29, 1.82) is 0 Å². The molecule has 1 saturated carbocycles. The number of amides is 2. The molecule has 1 saturated heterocycles. The first-order valence-corrected chi connectivity index (χ1v) is 9.55. The van der Waals surface area contributed by atoms with E-state index >= 15 is 0 Å². The summed E-state index contributed by atoms with van der Waals surface area (Å²) in [5.41, 5.74) is -1.40. The number of likely N-dealkylation sites (N-methyl/N-ethyl adjacent to an activating group) is 1. The van der Waals surface area contributed by atoms with Crippen LogP contribution in [0, 0.1) is 0 Å². The maximum Gasteiger partial charge on any atom is 0.411 e. The first kappa shape index (κ1) is 20.0. The van der Waals surface area contributed by atoms with E-state index in [1.54, 1.807) is 4.90 Å². The Labute approximate surface area is 152 Å². The van der Waals surface area contributed by atoms with Gasteiger partial charge >= 0.3 is 6.09 Å². The van der Waals surface area contributed by atoms with Crippen LogP contribution in [0.5, 0.6) is 0 Å². The Hall–Kier alpha value is -1.30. The number of hydrogen-bond acceptors (Lipinski definition) is 4. The Bertz CT molecular complexity index is 499. The number of nitrogens with zero attached hydrogens (tertiary/aromatic N) is 2. The van der Waals surface area contributed by atoms with Crippen LogP contribution < -0.4 is 5.32 Å². The number of carbonyl (C=O) groups is 2. The van der Waals surface area contributed by atoms with Crippen molar-refractivity contribution >= 4 is 12.0 Å². The van der Waals surface area contributed by atoms with Crippen LogP contribution in [-0.4, -0.2) is 65.2 Å². The minimum Gasteiger partial charge on any atom is -0.444 e. The van der Waals surface area contributed by atoms with E-state index in [4.69, 9.17) is 4.74 Å². The number of nitrogens with one attached hydrogen (secondary N) is 1. The fourth-order valence-corrected chi connectivity index (χ4v) is 3.38. The maximum atomic E-state index is 12.9. The van der Waals surface area contributed by atoms with Gasteiger partial charge in [-0.05, 0) is 73.8 Å². The fraction of sp³-hybridized carbons (Fsp3) is 0.895. The normalized spacial score (nSPS) is 25.6. The zero-order valence-electron chi connectivity index (χ0n) is 16.7. The lowest BCUT2D eigenvalue weighted by molar-refractivity contribution is -0.134. The Kier molecular flexibility index (Phi) is 6.02. The zero-order valence-corrected chi connectivity index (χ0v) is 16.7. The van der Waals surface area contributed by atoms with Crippen molar-refractivity contribution in [3.63, 3.8) is 0 Å². The van der Waals surface area contributed by atoms with Gasteiger partial charge in [0.05, 0.1) is 0 Å². The molecule has 6 heteroatoms. The van der Waals surface area contributed by atoms with E-state index in [2.05, 4.69) is 24.2 Å². The summed E-state index contributed by atoms with van der Waals surface area (Å²) in [7, 11) is 2.11. The summed E-state index contributed by atoms with van der Waals surface area (Å²) in [5, 5.41) is 3.07. The number of hydrogen-bond donors (Lipinski definition) is 1. The quantitative estimate of drug-likeness (QED) is 0.825. The van der Waals surface area contributed by atoms with Crippen molar-refractivity contribution in [2.75, 3.05) is 20.1 Å². The Balaban J connectivity index is 1.99. The molecule has 0 spiro atoms. The summed E-state index contributed by atoms with van der Waals surface area (Å²) < 4.78 is 5.53. The highest BCUT2D eigenvalue weighted by molar-refractivity contribution is 5.89. The number of likely N-dealkylation sites (tertiary alicyclic amines) is 1. The molecule has 0 aromatic rings. The molecule has 2 aliphatic rings. The molecule has 1 N–H and O–H groups in total. The van der Waals surface area contributed by atoms with Crippen LogP contribution in [-0.2, 0) is 9.53 Å². The minimum absolute atomic E-state index is 0.0749. The van der Waals surface area contributed by atoms with Gasteiger partial charge < -0.3 is 10.1 Å². The Morgan fingerprint density at radius 3 is 2.52 bits per heavy atom. The van der Waals surface area contributed by atoms with Crippen molar-refractivity contribution in [2.45, 2.75) is 89.9 Å². The molecule has 2 atom stereocenters. The van der Waals surface area contributed by atoms with Crippen LogP contribution in [0.2, 0.25) is 0 Å². The van der Waals surface area contributed by atoms with Gasteiger partial charge in [-0.15, -0.1) is 0 Å². The summed E-state index contributed by atoms with van der Waals surface area (Å²) in [6, 6.07) is 0.953. The van der Waals surface area contributed by atoms with E-state index in [1.807, 2.05) is 27.7 Å². The number of rotatable bonds is 5. The highest BCUT2D eigenvalue weighted by Crippen LogP contribution is 2.30. The number of piperidine rings is 1. The third-order valence-corrected chi connectivity index (χ3v) is 5.37. The minimum atomic E-state index is -0.835. The largest absolute Gasteiger partial charge is 0.444 e. The molecule has 0 aromatic heterocycles. The molecule has 144 valence electrons. The lowest BCUT2D eigenvalue weighted by Crippen LogP contribution is -2.62. The zero-order chi connectivity index (χ0) is 18.8. The predicted molar refractivity (Wildman–Crippen MR) is 98.5 cm³/mol. The first-order chi connectivity index (χ1) is 11.5. The van der Waals surface area contributed by atoms with Crippen molar-refractivity contribution in [3.8, 4) is 0 Å². The molecule has 1 aliphatic carbocycles. The Morgan fingerprint density at radius 1 is 1.32 bits per heavy atom. The molecule has 0 bridgehead atoms. The second-order valence-electron chi connectivity index (χ2n) is 8.82. The first-order valence-electron chi connectivity index (χ1n) is 9.55. The van der Waals surface area contributed by atoms with Crippen LogP contribution in [0.1, 0.15) is 66.7 Å². The number of ether oxygens (including phenoxy) is 1. The van der Waals surface area contributed by atoms with Crippen molar-refractivity contribution in [3.05, 3.63) is 0 Å². The molecule has 2 amide bonds. The van der Waals surface area contributed by atoms with Crippen LogP contribution in [0.3, 0.4) is 0 Å². The third-order valence-electron chi connectivity index (χ3n) is 5.37. The van der Waals surface area contributed by atoms with Gasteiger partial charge in [0.25, 0.3) is 0 Å². The summed E-state index contributed by atoms with van der Waals surface area (Å²) in [4.78, 5) is 29.5. The smallest absolute Gasteiger partial charge is 0.411 e. The van der Waals surface area contributed by atoms with E-state index in [-0.39, 0.29) is 5.91 Å². The maximum absolute atomic E-state index is 12.9. The highest BCUT2D eigenvalue weighted by Gasteiger charge is 2.45. The summed E-state index contributed by atoms with van der Waals surface area (Å²) in [6.45, 7) is 10.7. The average molecular weight is 354 g/mol. The average Bonchev–Trinajstić information content (AvgIpc) is 3.34. The van der Waals surface area contributed by atoms with Gasteiger partial charge in [0.1, 0.15) is 11.1 Å². The van der Waals surface area contributed by atoms with Crippen molar-refractivity contribution in [2.24, 2.45) is 0 Å². The molecule has 0 aromatic carbocycles. The molecule has 1 heterocycles. The van der Waals surface area contributed by atoms with Gasteiger partial charge in [-0.25, -0.2) is 4.79 Å². The summed E-state index contributed by atoms with van der Waals surface area (Å²) in [5.74, 6) is -0.0749. The van der Waals surface area contributed by atoms with E-state index in [0.29, 0.717) is 31.6 Å². The van der Waals surface area contributed by atoms with Crippen LogP contribution in [0.4, 0.5) is 4.79 Å². The highest BCUT2D eigenvalue weighted by atomic mass is 16.6. The molecule has 25 heavy (non-hydrogen) atoms. The molecule has 6 nitrogen and oxygen atoms in total. The van der Waals surface area contributed by atoms with Crippen LogP contribution in [0.15, 0.2) is 0 Å². The lowest BCUT2D eigenvalue weighted by atomic mass is 9.87. The monoisotopic (exact) mass is 353 g/mol. The van der Waals surface area contributed by atoms with Gasteiger partial charge in [-0.2, -0.15) is 0 Å². The third kappa shape index (κ3) is 5.09. The van der Waals surface area contributed by atoms with Crippen molar-refractivity contribution < 1.29 is 14.3 Å². The molecular weight excluding hydrogens is 318 g/mol. The van der Waals surface area contributed by atoms with Gasteiger partial charge in [0.2, 0.25) is 5.91 Å². The van der Waals surface area contributed by atoms with Crippen LogP contribution in [0.25, 0.3) is 0 Å². The molecular formula is C19H35N3O3. The van der Waals surface area contributed by atoms with Crippen LogP contribution >= 0.6 is 0 Å². The molecule has 2 fully saturated rings. The second-order valence-corrected chi connectivity index (χ2v) is 8.82. The van der Waals surface area contributed by atoms with E-state index in [0.717, 1.165) is 12.8 Å². The van der Waals surface area contributed by atoms with Gasteiger partial charge in [0, 0.05) is 25.2 Å².